The van der Waals surface area contributed by atoms with Crippen LogP contribution >= 0.6 is 0 Å². The SMILES string of the molecule is N#CCOc1ccccc1/C=C/C(=O)c1cccc(C(F)(F)F)c1. The number of carbonyl (C=O) groups is 1. The van der Waals surface area contributed by atoms with Crippen LogP contribution in [-0.2, 0) is 6.18 Å². The Kier molecular flexibility index (Phi) is 5.38. The summed E-state index contributed by atoms with van der Waals surface area (Å²) in [5, 5.41) is 8.54. The Morgan fingerprint density at radius 2 is 1.92 bits per heavy atom. The number of rotatable bonds is 5. The zero-order valence-corrected chi connectivity index (χ0v) is 12.4. The van der Waals surface area contributed by atoms with Gasteiger partial charge in [0.1, 0.15) is 11.8 Å². The van der Waals surface area contributed by atoms with Crippen LogP contribution in [0.1, 0.15) is 21.5 Å². The van der Waals surface area contributed by atoms with Gasteiger partial charge in [-0.1, -0.05) is 30.3 Å². The summed E-state index contributed by atoms with van der Waals surface area (Å²) in [6.45, 7) is -0.146. The second kappa shape index (κ2) is 7.47. The molecule has 0 heterocycles. The van der Waals surface area contributed by atoms with Crippen molar-refractivity contribution < 1.29 is 22.7 Å². The van der Waals surface area contributed by atoms with Crippen LogP contribution in [-0.4, -0.2) is 12.4 Å². The second-order valence-corrected chi connectivity index (χ2v) is 4.76. The quantitative estimate of drug-likeness (QED) is 0.598. The predicted molar refractivity (Wildman–Crippen MR) is 82.4 cm³/mol. The van der Waals surface area contributed by atoms with E-state index in [0.717, 1.165) is 12.1 Å². The largest absolute Gasteiger partial charge is 0.478 e. The summed E-state index contributed by atoms with van der Waals surface area (Å²) >= 11 is 0. The van der Waals surface area contributed by atoms with Gasteiger partial charge in [0, 0.05) is 11.1 Å². The topological polar surface area (TPSA) is 50.1 Å². The maximum Gasteiger partial charge on any atom is 0.416 e. The van der Waals surface area contributed by atoms with Gasteiger partial charge in [-0.2, -0.15) is 18.4 Å². The monoisotopic (exact) mass is 331 g/mol. The molecule has 0 aromatic heterocycles. The molecule has 0 amide bonds. The summed E-state index contributed by atoms with van der Waals surface area (Å²) in [7, 11) is 0. The number of alkyl halides is 3. The van der Waals surface area contributed by atoms with Crippen molar-refractivity contribution in [2.75, 3.05) is 6.61 Å². The van der Waals surface area contributed by atoms with Crippen LogP contribution in [0.3, 0.4) is 0 Å². The molecule has 0 aliphatic heterocycles. The van der Waals surface area contributed by atoms with Crippen molar-refractivity contribution in [1.82, 2.24) is 0 Å². The summed E-state index contributed by atoms with van der Waals surface area (Å²) < 4.78 is 43.3. The highest BCUT2D eigenvalue weighted by Crippen LogP contribution is 2.29. The summed E-state index contributed by atoms with van der Waals surface area (Å²) in [5.74, 6) is -0.150. The Morgan fingerprint density at radius 1 is 1.17 bits per heavy atom. The molecule has 0 aliphatic rings. The zero-order chi connectivity index (χ0) is 17.6. The van der Waals surface area contributed by atoms with E-state index in [2.05, 4.69) is 0 Å². The van der Waals surface area contributed by atoms with Crippen molar-refractivity contribution in [2.24, 2.45) is 0 Å². The van der Waals surface area contributed by atoms with Gasteiger partial charge in [0.25, 0.3) is 0 Å². The van der Waals surface area contributed by atoms with E-state index in [-0.39, 0.29) is 12.2 Å². The minimum absolute atomic E-state index is 0.0588. The normalized spacial score (nSPS) is 11.2. The van der Waals surface area contributed by atoms with Gasteiger partial charge in [-0.15, -0.1) is 0 Å². The van der Waals surface area contributed by atoms with Crippen LogP contribution in [0.2, 0.25) is 0 Å². The predicted octanol–water partition coefficient (Wildman–Crippen LogP) is 4.50. The number of allylic oxidation sites excluding steroid dienone is 1. The lowest BCUT2D eigenvalue weighted by Gasteiger charge is -2.07. The van der Waals surface area contributed by atoms with Crippen LogP contribution in [0, 0.1) is 11.3 Å². The first-order valence-corrected chi connectivity index (χ1v) is 6.90. The van der Waals surface area contributed by atoms with Gasteiger partial charge < -0.3 is 4.74 Å². The molecule has 3 nitrogen and oxygen atoms in total. The van der Waals surface area contributed by atoms with E-state index in [1.807, 2.05) is 6.07 Å². The minimum Gasteiger partial charge on any atom is -0.478 e. The van der Waals surface area contributed by atoms with E-state index in [0.29, 0.717) is 11.3 Å². The van der Waals surface area contributed by atoms with Crippen molar-refractivity contribution in [3.05, 3.63) is 71.3 Å². The fourth-order valence-electron chi connectivity index (χ4n) is 1.97. The van der Waals surface area contributed by atoms with Crippen molar-refractivity contribution in [1.29, 1.82) is 5.26 Å². The van der Waals surface area contributed by atoms with Gasteiger partial charge >= 0.3 is 6.18 Å². The van der Waals surface area contributed by atoms with Crippen molar-refractivity contribution >= 4 is 11.9 Å². The third-order valence-electron chi connectivity index (χ3n) is 3.10. The van der Waals surface area contributed by atoms with Crippen molar-refractivity contribution in [2.45, 2.75) is 6.18 Å². The summed E-state index contributed by atoms with van der Waals surface area (Å²) in [6, 6.07) is 12.8. The molecule has 2 aromatic carbocycles. The van der Waals surface area contributed by atoms with Crippen molar-refractivity contribution in [3.63, 3.8) is 0 Å². The van der Waals surface area contributed by atoms with Crippen LogP contribution in [0.4, 0.5) is 13.2 Å². The average Bonchev–Trinajstić information content (AvgIpc) is 2.58. The number of para-hydroxylation sites is 1. The summed E-state index contributed by atoms with van der Waals surface area (Å²) in [4.78, 5) is 12.1. The fourth-order valence-corrected chi connectivity index (χ4v) is 1.97. The molecule has 0 bridgehead atoms. The van der Waals surface area contributed by atoms with Gasteiger partial charge in [0.05, 0.1) is 5.56 Å². The van der Waals surface area contributed by atoms with Gasteiger partial charge in [-0.3, -0.25) is 4.79 Å². The molecule has 0 spiro atoms. The molecule has 2 rings (SSSR count). The highest BCUT2D eigenvalue weighted by Gasteiger charge is 2.30. The number of benzene rings is 2. The molecular weight excluding hydrogens is 319 g/mol. The Morgan fingerprint density at radius 3 is 2.62 bits per heavy atom. The van der Waals surface area contributed by atoms with Gasteiger partial charge in [-0.25, -0.2) is 0 Å². The zero-order valence-electron chi connectivity index (χ0n) is 12.4. The van der Waals surface area contributed by atoms with Gasteiger partial charge in [0.15, 0.2) is 12.4 Å². The van der Waals surface area contributed by atoms with Crippen molar-refractivity contribution in [3.8, 4) is 11.8 Å². The van der Waals surface area contributed by atoms with Crippen LogP contribution in [0.25, 0.3) is 6.08 Å². The molecule has 0 N–H and O–H groups in total. The minimum atomic E-state index is -4.50. The highest BCUT2D eigenvalue weighted by atomic mass is 19.4. The lowest BCUT2D eigenvalue weighted by atomic mass is 10.1. The smallest absolute Gasteiger partial charge is 0.416 e. The first-order valence-electron chi connectivity index (χ1n) is 6.90. The third kappa shape index (κ3) is 4.46. The second-order valence-electron chi connectivity index (χ2n) is 4.76. The molecule has 6 heteroatoms. The molecule has 24 heavy (non-hydrogen) atoms. The molecule has 0 aliphatic carbocycles. The van der Waals surface area contributed by atoms with Gasteiger partial charge in [-0.05, 0) is 30.4 Å². The molecule has 0 fully saturated rings. The van der Waals surface area contributed by atoms with Gasteiger partial charge in [0.2, 0.25) is 0 Å². The first-order chi connectivity index (χ1) is 11.4. The molecule has 0 unspecified atom stereocenters. The average molecular weight is 331 g/mol. The Bertz CT molecular complexity index is 804. The maximum atomic E-state index is 12.7. The maximum absolute atomic E-state index is 12.7. The van der Waals surface area contributed by atoms with E-state index in [4.69, 9.17) is 10.00 Å². The summed E-state index contributed by atoms with van der Waals surface area (Å²) in [5.41, 5.74) is -0.385. The Labute approximate surface area is 136 Å². The van der Waals surface area contributed by atoms with Crippen LogP contribution in [0.5, 0.6) is 5.75 Å². The number of nitriles is 1. The number of nitrogens with zero attached hydrogens (tertiary/aromatic N) is 1. The number of hydrogen-bond acceptors (Lipinski definition) is 3. The molecule has 0 radical (unpaired) electrons. The first kappa shape index (κ1) is 17.3. The lowest BCUT2D eigenvalue weighted by molar-refractivity contribution is -0.137. The molecule has 0 atom stereocenters. The summed E-state index contributed by atoms with van der Waals surface area (Å²) in [6.07, 6.45) is -1.89. The Balaban J connectivity index is 2.21. The number of ether oxygens (including phenoxy) is 1. The highest BCUT2D eigenvalue weighted by molar-refractivity contribution is 6.07. The van der Waals surface area contributed by atoms with Crippen LogP contribution < -0.4 is 4.74 Å². The third-order valence-corrected chi connectivity index (χ3v) is 3.10. The molecule has 2 aromatic rings. The van der Waals surface area contributed by atoms with E-state index in [1.165, 1.54) is 24.3 Å². The standard InChI is InChI=1S/C18H12F3NO2/c19-18(20,21)15-6-3-5-14(12-15)16(23)9-8-13-4-1-2-7-17(13)24-11-10-22/h1-9,12H,11H2/b9-8+. The number of ketones is 1. The van der Waals surface area contributed by atoms with E-state index < -0.39 is 17.5 Å². The molecule has 0 saturated carbocycles. The molecule has 122 valence electrons. The molecule has 0 saturated heterocycles. The van der Waals surface area contributed by atoms with E-state index in [9.17, 15) is 18.0 Å². The lowest BCUT2D eigenvalue weighted by Crippen LogP contribution is -2.06. The fraction of sp³-hybridized carbons (Fsp3) is 0.111. The number of halogens is 3. The molecular formula is C18H12F3NO2. The van der Waals surface area contributed by atoms with Crippen LogP contribution in [0.15, 0.2) is 54.6 Å². The number of carbonyl (C=O) groups excluding carboxylic acids is 1. The Hall–Kier alpha value is -3.07. The van der Waals surface area contributed by atoms with E-state index in [1.54, 1.807) is 24.3 Å². The number of hydrogen-bond donors (Lipinski definition) is 0. The van der Waals surface area contributed by atoms with E-state index >= 15 is 0 Å².